The van der Waals surface area contributed by atoms with Crippen LogP contribution in [0.25, 0.3) is 0 Å². The lowest BCUT2D eigenvalue weighted by molar-refractivity contribution is -0.138. The molecule has 1 aromatic heterocycles. The van der Waals surface area contributed by atoms with Crippen molar-refractivity contribution < 1.29 is 45.3 Å². The van der Waals surface area contributed by atoms with Crippen LogP contribution in [0.1, 0.15) is 23.1 Å². The molecular formula is C19H14F6N2O4. The Kier molecular flexibility index (Phi) is 5.20. The molecule has 166 valence electrons. The van der Waals surface area contributed by atoms with Crippen molar-refractivity contribution in [2.24, 2.45) is 0 Å². The summed E-state index contributed by atoms with van der Waals surface area (Å²) in [4.78, 5) is 17.1. The molecule has 0 saturated carbocycles. The largest absolute Gasteiger partial charge is 0.446 e. The summed E-state index contributed by atoms with van der Waals surface area (Å²) in [5.41, 5.74) is -2.39. The van der Waals surface area contributed by atoms with Crippen molar-refractivity contribution >= 4 is 11.9 Å². The Hall–Kier alpha value is -3.02. The van der Waals surface area contributed by atoms with Crippen LogP contribution in [-0.2, 0) is 27.8 Å². The van der Waals surface area contributed by atoms with Gasteiger partial charge in [-0.15, -0.1) is 0 Å². The maximum Gasteiger partial charge on any atom is 0.418 e. The van der Waals surface area contributed by atoms with Crippen LogP contribution >= 0.6 is 0 Å². The van der Waals surface area contributed by atoms with Gasteiger partial charge in [-0.05, 0) is 17.7 Å². The summed E-state index contributed by atoms with van der Waals surface area (Å²) in [7, 11) is 0. The Morgan fingerprint density at radius 2 is 2.03 bits per heavy atom. The third-order valence-electron chi connectivity index (χ3n) is 5.16. The van der Waals surface area contributed by atoms with Crippen LogP contribution in [0, 0.1) is 5.82 Å². The minimum Gasteiger partial charge on any atom is -0.446 e. The number of ether oxygens (including phenoxy) is 3. The number of amides is 1. The Morgan fingerprint density at radius 1 is 1.26 bits per heavy atom. The fraction of sp³-hybridized carbons (Fsp3) is 0.368. The van der Waals surface area contributed by atoms with E-state index in [2.05, 4.69) is 9.72 Å². The van der Waals surface area contributed by atoms with Gasteiger partial charge in [-0.2, -0.15) is 22.0 Å². The molecule has 2 aliphatic heterocycles. The predicted molar refractivity (Wildman–Crippen MR) is 92.0 cm³/mol. The molecule has 2 aliphatic rings. The van der Waals surface area contributed by atoms with Crippen molar-refractivity contribution in [1.82, 2.24) is 4.98 Å². The van der Waals surface area contributed by atoms with Crippen LogP contribution in [0.15, 0.2) is 30.5 Å². The standard InChI is InChI=1S/C19H14F6N2O4/c20-13-3-1-2-12-11(13)8-29-5-4-18(12)9-30-17(28)27(18)15-14(31-16(21)22)6-10(7-26-15)19(23,24)25/h1-3,6-7,16H,4-5,8-9H2. The van der Waals surface area contributed by atoms with Crippen molar-refractivity contribution in [2.75, 3.05) is 18.1 Å². The van der Waals surface area contributed by atoms with Crippen molar-refractivity contribution in [2.45, 2.75) is 31.4 Å². The first-order valence-corrected chi connectivity index (χ1v) is 8.98. The van der Waals surface area contributed by atoms with Crippen LogP contribution in [-0.4, -0.2) is 30.9 Å². The Morgan fingerprint density at radius 3 is 2.74 bits per heavy atom. The molecule has 1 amide bonds. The van der Waals surface area contributed by atoms with Crippen molar-refractivity contribution in [3.8, 4) is 5.75 Å². The van der Waals surface area contributed by atoms with Gasteiger partial charge in [-0.3, -0.25) is 0 Å². The predicted octanol–water partition coefficient (Wildman–Crippen LogP) is 4.61. The molecule has 0 radical (unpaired) electrons. The Bertz CT molecular complexity index is 1020. The second kappa shape index (κ2) is 7.59. The lowest BCUT2D eigenvalue weighted by atomic mass is 9.84. The number of rotatable bonds is 3. The topological polar surface area (TPSA) is 60.9 Å². The van der Waals surface area contributed by atoms with Gasteiger partial charge in [0, 0.05) is 24.8 Å². The second-order valence-corrected chi connectivity index (χ2v) is 6.91. The van der Waals surface area contributed by atoms with Crippen LogP contribution in [0.4, 0.5) is 37.0 Å². The van der Waals surface area contributed by atoms with Crippen LogP contribution < -0.4 is 9.64 Å². The number of fused-ring (bicyclic) bond motifs is 2. The summed E-state index contributed by atoms with van der Waals surface area (Å²) >= 11 is 0. The molecule has 0 aliphatic carbocycles. The third kappa shape index (κ3) is 3.64. The number of halogens is 6. The van der Waals surface area contributed by atoms with Gasteiger partial charge in [0.2, 0.25) is 0 Å². The molecule has 0 bridgehead atoms. The number of hydrogen-bond acceptors (Lipinski definition) is 5. The number of pyridine rings is 1. The average molecular weight is 448 g/mol. The van der Waals surface area contributed by atoms with E-state index in [4.69, 9.17) is 9.47 Å². The number of hydrogen-bond donors (Lipinski definition) is 0. The number of carbonyl (C=O) groups excluding carboxylic acids is 1. The monoisotopic (exact) mass is 448 g/mol. The molecular weight excluding hydrogens is 434 g/mol. The molecule has 1 spiro atoms. The molecule has 2 aromatic rings. The highest BCUT2D eigenvalue weighted by atomic mass is 19.4. The highest BCUT2D eigenvalue weighted by Crippen LogP contribution is 2.47. The van der Waals surface area contributed by atoms with E-state index in [1.165, 1.54) is 18.2 Å². The maximum atomic E-state index is 14.5. The normalized spacial score (nSPS) is 21.3. The van der Waals surface area contributed by atoms with Gasteiger partial charge in [0.15, 0.2) is 11.6 Å². The smallest absolute Gasteiger partial charge is 0.418 e. The van der Waals surface area contributed by atoms with Crippen LogP contribution in [0.5, 0.6) is 5.75 Å². The number of benzene rings is 1. The van der Waals surface area contributed by atoms with E-state index in [1.54, 1.807) is 0 Å². The van der Waals surface area contributed by atoms with E-state index in [-0.39, 0.29) is 37.4 Å². The number of aromatic nitrogens is 1. The number of anilines is 1. The summed E-state index contributed by atoms with van der Waals surface area (Å²) in [6, 6.07) is 4.41. The van der Waals surface area contributed by atoms with Gasteiger partial charge < -0.3 is 14.2 Å². The third-order valence-corrected chi connectivity index (χ3v) is 5.16. The first-order chi connectivity index (χ1) is 14.6. The fourth-order valence-corrected chi connectivity index (χ4v) is 3.79. The highest BCUT2D eigenvalue weighted by Gasteiger charge is 2.53. The molecule has 0 N–H and O–H groups in total. The van der Waals surface area contributed by atoms with E-state index < -0.39 is 47.4 Å². The average Bonchev–Trinajstić information content (AvgIpc) is 2.89. The summed E-state index contributed by atoms with van der Waals surface area (Å²) in [6.07, 6.45) is -5.50. The van der Waals surface area contributed by atoms with Gasteiger partial charge in [0.25, 0.3) is 0 Å². The molecule has 1 atom stereocenters. The fourth-order valence-electron chi connectivity index (χ4n) is 3.79. The zero-order chi connectivity index (χ0) is 22.4. The van der Waals surface area contributed by atoms with Crippen molar-refractivity contribution in [3.63, 3.8) is 0 Å². The highest BCUT2D eigenvalue weighted by molar-refractivity contribution is 5.92. The van der Waals surface area contributed by atoms with E-state index in [1.807, 2.05) is 0 Å². The summed E-state index contributed by atoms with van der Waals surface area (Å²) in [5.74, 6) is -2.19. The van der Waals surface area contributed by atoms with E-state index in [0.717, 1.165) is 4.90 Å². The van der Waals surface area contributed by atoms with E-state index in [9.17, 15) is 31.1 Å². The Balaban J connectivity index is 1.91. The number of carbonyl (C=O) groups is 1. The van der Waals surface area contributed by atoms with Gasteiger partial charge in [-0.1, -0.05) is 12.1 Å². The maximum absolute atomic E-state index is 14.5. The van der Waals surface area contributed by atoms with Crippen LogP contribution in [0.3, 0.4) is 0 Å². The van der Waals surface area contributed by atoms with Gasteiger partial charge in [0.05, 0.1) is 12.2 Å². The summed E-state index contributed by atoms with van der Waals surface area (Å²) in [5, 5.41) is 0. The Labute approximate surface area is 171 Å². The molecule has 1 fully saturated rings. The minimum atomic E-state index is -4.89. The molecule has 6 nitrogen and oxygen atoms in total. The lowest BCUT2D eigenvalue weighted by Crippen LogP contribution is -2.46. The molecule has 12 heteroatoms. The van der Waals surface area contributed by atoms with Gasteiger partial charge >= 0.3 is 18.9 Å². The zero-order valence-corrected chi connectivity index (χ0v) is 15.6. The van der Waals surface area contributed by atoms with Crippen molar-refractivity contribution in [1.29, 1.82) is 0 Å². The number of cyclic esters (lactones) is 1. The minimum absolute atomic E-state index is 0.0347. The molecule has 3 heterocycles. The van der Waals surface area contributed by atoms with Gasteiger partial charge in [0.1, 0.15) is 18.0 Å². The first-order valence-electron chi connectivity index (χ1n) is 8.98. The lowest BCUT2D eigenvalue weighted by Gasteiger charge is -2.35. The number of nitrogens with zero attached hydrogens (tertiary/aromatic N) is 2. The number of alkyl halides is 5. The summed E-state index contributed by atoms with van der Waals surface area (Å²) < 4.78 is 94.5. The summed E-state index contributed by atoms with van der Waals surface area (Å²) in [6.45, 7) is -3.89. The van der Waals surface area contributed by atoms with Crippen LogP contribution in [0.2, 0.25) is 0 Å². The quantitative estimate of drug-likeness (QED) is 0.642. The zero-order valence-electron chi connectivity index (χ0n) is 15.6. The van der Waals surface area contributed by atoms with Crippen molar-refractivity contribution in [3.05, 3.63) is 53.0 Å². The SMILES string of the molecule is O=C1OCC2(CCOCc3c(F)cccc32)N1c1ncc(C(F)(F)F)cc1OC(F)F. The molecule has 4 rings (SSSR count). The molecule has 1 saturated heterocycles. The molecule has 1 aromatic carbocycles. The van der Waals surface area contributed by atoms with E-state index >= 15 is 0 Å². The first kappa shape index (κ1) is 21.2. The van der Waals surface area contributed by atoms with Gasteiger partial charge in [-0.25, -0.2) is 19.1 Å². The molecule has 1 unspecified atom stereocenters. The molecule has 31 heavy (non-hydrogen) atoms. The van der Waals surface area contributed by atoms with E-state index in [0.29, 0.717) is 12.3 Å². The second-order valence-electron chi connectivity index (χ2n) is 6.91.